The van der Waals surface area contributed by atoms with Gasteiger partial charge in [0.05, 0.1) is 17.9 Å². The molecule has 1 aliphatic heterocycles. The van der Waals surface area contributed by atoms with Crippen LogP contribution in [0.25, 0.3) is 0 Å². The second-order valence-corrected chi connectivity index (χ2v) is 6.63. The van der Waals surface area contributed by atoms with E-state index in [1.165, 1.54) is 23.8 Å². The molecule has 1 fully saturated rings. The number of unbranched alkanes of at least 4 members (excludes halogenated alkanes) is 2. The molecule has 0 aliphatic carbocycles. The summed E-state index contributed by atoms with van der Waals surface area (Å²) in [6.45, 7) is 2.57. The Hall–Kier alpha value is -1.82. The normalized spacial score (nSPS) is 17.7. The summed E-state index contributed by atoms with van der Waals surface area (Å²) in [6.07, 6.45) is 3.07. The third-order valence-electron chi connectivity index (χ3n) is 3.75. The van der Waals surface area contributed by atoms with Crippen molar-refractivity contribution in [1.29, 1.82) is 0 Å². The molecule has 6 heteroatoms. The average Bonchev–Trinajstić information content (AvgIpc) is 2.82. The first-order valence-electron chi connectivity index (χ1n) is 7.76. The summed E-state index contributed by atoms with van der Waals surface area (Å²) >= 11 is 1.26. The lowest BCUT2D eigenvalue weighted by molar-refractivity contribution is -0.138. The monoisotopic (exact) mass is 335 g/mol. The average molecular weight is 335 g/mol. The van der Waals surface area contributed by atoms with Crippen LogP contribution in [0.1, 0.15) is 43.0 Å². The highest BCUT2D eigenvalue weighted by molar-refractivity contribution is 8.00. The van der Waals surface area contributed by atoms with Gasteiger partial charge in [-0.25, -0.2) is 4.79 Å². The predicted octanol–water partition coefficient (Wildman–Crippen LogP) is 2.88. The molecule has 0 N–H and O–H groups in total. The van der Waals surface area contributed by atoms with Crippen molar-refractivity contribution in [3.8, 4) is 0 Å². The quantitative estimate of drug-likeness (QED) is 0.435. The van der Waals surface area contributed by atoms with Crippen LogP contribution in [-0.2, 0) is 14.3 Å². The molecule has 1 unspecified atom stereocenters. The SMILES string of the molecule is CCCCCN1C(=O)CC(Sc2ccccc2C(=O)OC)C1=O. The smallest absolute Gasteiger partial charge is 0.338 e. The van der Waals surface area contributed by atoms with Crippen LogP contribution in [0.3, 0.4) is 0 Å². The van der Waals surface area contributed by atoms with Crippen molar-refractivity contribution >= 4 is 29.5 Å². The lowest BCUT2D eigenvalue weighted by atomic mass is 10.2. The molecule has 1 heterocycles. The summed E-state index contributed by atoms with van der Waals surface area (Å²) in [6, 6.07) is 6.98. The van der Waals surface area contributed by atoms with Crippen LogP contribution in [0.4, 0.5) is 0 Å². The zero-order chi connectivity index (χ0) is 16.8. The Morgan fingerprint density at radius 3 is 2.74 bits per heavy atom. The Morgan fingerprint density at radius 1 is 1.30 bits per heavy atom. The van der Waals surface area contributed by atoms with Crippen molar-refractivity contribution in [3.63, 3.8) is 0 Å². The number of hydrogen-bond donors (Lipinski definition) is 0. The van der Waals surface area contributed by atoms with E-state index in [0.29, 0.717) is 17.0 Å². The summed E-state index contributed by atoms with van der Waals surface area (Å²) in [7, 11) is 1.32. The number of methoxy groups -OCH3 is 1. The maximum Gasteiger partial charge on any atom is 0.338 e. The second kappa shape index (κ2) is 8.15. The summed E-state index contributed by atoms with van der Waals surface area (Å²) in [5, 5.41) is -0.463. The first-order valence-corrected chi connectivity index (χ1v) is 8.64. The number of ether oxygens (including phenoxy) is 1. The molecule has 2 rings (SSSR count). The van der Waals surface area contributed by atoms with Crippen LogP contribution in [0.5, 0.6) is 0 Å². The summed E-state index contributed by atoms with van der Waals surface area (Å²) in [5.41, 5.74) is 0.421. The Morgan fingerprint density at radius 2 is 2.04 bits per heavy atom. The van der Waals surface area contributed by atoms with Gasteiger partial charge < -0.3 is 4.74 Å². The van der Waals surface area contributed by atoms with E-state index in [1.54, 1.807) is 24.3 Å². The molecule has 23 heavy (non-hydrogen) atoms. The minimum absolute atomic E-state index is 0.126. The van der Waals surface area contributed by atoms with Crippen LogP contribution in [0.15, 0.2) is 29.2 Å². The number of imide groups is 1. The summed E-state index contributed by atoms with van der Waals surface area (Å²) in [4.78, 5) is 38.3. The van der Waals surface area contributed by atoms with Crippen LogP contribution in [0.2, 0.25) is 0 Å². The standard InChI is InChI=1S/C17H21NO4S/c1-3-4-7-10-18-15(19)11-14(16(18)20)23-13-9-6-5-8-12(13)17(21)22-2/h5-6,8-9,14H,3-4,7,10-11H2,1-2H3. The molecule has 2 amide bonds. The van der Waals surface area contributed by atoms with Crippen molar-refractivity contribution in [2.24, 2.45) is 0 Å². The third-order valence-corrected chi connectivity index (χ3v) is 5.01. The molecular formula is C17H21NO4S. The van der Waals surface area contributed by atoms with Gasteiger partial charge in [-0.2, -0.15) is 0 Å². The van der Waals surface area contributed by atoms with Gasteiger partial charge in [-0.15, -0.1) is 11.8 Å². The van der Waals surface area contributed by atoms with E-state index < -0.39 is 11.2 Å². The zero-order valence-corrected chi connectivity index (χ0v) is 14.2. The molecule has 5 nitrogen and oxygen atoms in total. The summed E-state index contributed by atoms with van der Waals surface area (Å²) in [5.74, 6) is -0.723. The highest BCUT2D eigenvalue weighted by atomic mass is 32.2. The van der Waals surface area contributed by atoms with Gasteiger partial charge in [0.2, 0.25) is 11.8 Å². The highest BCUT2D eigenvalue weighted by Crippen LogP contribution is 2.33. The minimum Gasteiger partial charge on any atom is -0.465 e. The second-order valence-electron chi connectivity index (χ2n) is 5.39. The maximum atomic E-state index is 12.4. The van der Waals surface area contributed by atoms with Crippen LogP contribution >= 0.6 is 11.8 Å². The number of thioether (sulfide) groups is 1. The number of likely N-dealkylation sites (tertiary alicyclic amines) is 1. The lowest BCUT2D eigenvalue weighted by Crippen LogP contribution is -2.32. The maximum absolute atomic E-state index is 12.4. The molecule has 0 spiro atoms. The Bertz CT molecular complexity index is 602. The number of amides is 2. The van der Waals surface area contributed by atoms with Crippen molar-refractivity contribution in [1.82, 2.24) is 4.90 Å². The van der Waals surface area contributed by atoms with E-state index in [0.717, 1.165) is 19.3 Å². The molecule has 0 bridgehead atoms. The van der Waals surface area contributed by atoms with Gasteiger partial charge in [-0.3, -0.25) is 14.5 Å². The zero-order valence-electron chi connectivity index (χ0n) is 13.4. The van der Waals surface area contributed by atoms with Crippen LogP contribution in [-0.4, -0.2) is 41.6 Å². The van der Waals surface area contributed by atoms with Gasteiger partial charge in [0.15, 0.2) is 0 Å². The van der Waals surface area contributed by atoms with E-state index in [9.17, 15) is 14.4 Å². The predicted molar refractivity (Wildman–Crippen MR) is 88.3 cm³/mol. The van der Waals surface area contributed by atoms with Crippen LogP contribution < -0.4 is 0 Å². The number of esters is 1. The Kier molecular flexibility index (Phi) is 6.21. The van der Waals surface area contributed by atoms with Gasteiger partial charge in [0, 0.05) is 17.9 Å². The molecule has 0 saturated carbocycles. The van der Waals surface area contributed by atoms with Gasteiger partial charge in [0.1, 0.15) is 0 Å². The van der Waals surface area contributed by atoms with Crippen LogP contribution in [0, 0.1) is 0 Å². The van der Waals surface area contributed by atoms with Crippen molar-refractivity contribution in [3.05, 3.63) is 29.8 Å². The van der Waals surface area contributed by atoms with Crippen molar-refractivity contribution in [2.75, 3.05) is 13.7 Å². The van der Waals surface area contributed by atoms with Crippen molar-refractivity contribution < 1.29 is 19.1 Å². The topological polar surface area (TPSA) is 63.7 Å². The fraction of sp³-hybridized carbons (Fsp3) is 0.471. The van der Waals surface area contributed by atoms with Gasteiger partial charge in [-0.05, 0) is 18.6 Å². The number of carbonyl (C=O) groups excluding carboxylic acids is 3. The lowest BCUT2D eigenvalue weighted by Gasteiger charge is -2.15. The number of rotatable bonds is 7. The molecule has 1 aromatic rings. The molecule has 1 aromatic carbocycles. The fourth-order valence-electron chi connectivity index (χ4n) is 2.50. The first-order chi connectivity index (χ1) is 11.1. The highest BCUT2D eigenvalue weighted by Gasteiger charge is 2.39. The van der Waals surface area contributed by atoms with Crippen molar-refractivity contribution in [2.45, 2.75) is 42.8 Å². The van der Waals surface area contributed by atoms with E-state index in [-0.39, 0.29) is 18.2 Å². The first kappa shape index (κ1) is 17.5. The van der Waals surface area contributed by atoms with E-state index in [1.807, 2.05) is 0 Å². The van der Waals surface area contributed by atoms with E-state index in [2.05, 4.69) is 6.92 Å². The molecule has 0 aromatic heterocycles. The molecule has 124 valence electrons. The van der Waals surface area contributed by atoms with Gasteiger partial charge >= 0.3 is 5.97 Å². The molecule has 1 aliphatic rings. The molecular weight excluding hydrogens is 314 g/mol. The Labute approximate surface area is 140 Å². The third kappa shape index (κ3) is 4.13. The van der Waals surface area contributed by atoms with Gasteiger partial charge in [0.25, 0.3) is 0 Å². The molecule has 1 saturated heterocycles. The van der Waals surface area contributed by atoms with E-state index in [4.69, 9.17) is 4.74 Å². The molecule has 1 atom stereocenters. The summed E-state index contributed by atoms with van der Waals surface area (Å²) < 4.78 is 4.76. The number of nitrogens with zero attached hydrogens (tertiary/aromatic N) is 1. The fourth-order valence-corrected chi connectivity index (χ4v) is 3.70. The minimum atomic E-state index is -0.463. The Balaban J connectivity index is 2.08. The van der Waals surface area contributed by atoms with Gasteiger partial charge in [-0.1, -0.05) is 31.9 Å². The number of hydrogen-bond acceptors (Lipinski definition) is 5. The van der Waals surface area contributed by atoms with E-state index >= 15 is 0 Å². The number of carbonyl (C=O) groups is 3. The largest absolute Gasteiger partial charge is 0.465 e. The molecule has 0 radical (unpaired) electrons. The number of benzene rings is 1.